The van der Waals surface area contributed by atoms with E-state index in [1.165, 1.54) is 4.90 Å². The summed E-state index contributed by atoms with van der Waals surface area (Å²) in [5, 5.41) is 12.4. The Balaban J connectivity index is 1.32. The summed E-state index contributed by atoms with van der Waals surface area (Å²) in [7, 11) is 0. The van der Waals surface area contributed by atoms with Crippen LogP contribution in [0.2, 0.25) is 0 Å². The van der Waals surface area contributed by atoms with Gasteiger partial charge in [-0.25, -0.2) is 0 Å². The zero-order chi connectivity index (χ0) is 24.6. The van der Waals surface area contributed by atoms with Crippen molar-refractivity contribution in [3.05, 3.63) is 78.4 Å². The molecule has 1 aromatic heterocycles. The number of amides is 2. The van der Waals surface area contributed by atoms with Gasteiger partial charge in [-0.3, -0.25) is 14.5 Å². The van der Waals surface area contributed by atoms with Gasteiger partial charge in [0.25, 0.3) is 5.91 Å². The van der Waals surface area contributed by atoms with E-state index in [1.807, 2.05) is 0 Å². The summed E-state index contributed by atoms with van der Waals surface area (Å²) in [6, 6.07) is 20.7. The summed E-state index contributed by atoms with van der Waals surface area (Å²) >= 11 is 0. The molecule has 3 aromatic carbocycles. The molecule has 0 saturated carbocycles. The largest absolute Gasteiger partial charge is 0.492 e. The fourth-order valence-electron chi connectivity index (χ4n) is 3.39. The van der Waals surface area contributed by atoms with E-state index in [0.29, 0.717) is 46.3 Å². The molecule has 0 atom stereocenters. The molecule has 9 nitrogen and oxygen atoms in total. The van der Waals surface area contributed by atoms with Crippen molar-refractivity contribution in [3.63, 3.8) is 0 Å². The summed E-state index contributed by atoms with van der Waals surface area (Å²) in [5.74, 6) is 1.26. The van der Waals surface area contributed by atoms with Crippen LogP contribution >= 0.6 is 0 Å². The number of nitrogens with two attached hydrogens (primary N) is 1. The first-order chi connectivity index (χ1) is 17.1. The van der Waals surface area contributed by atoms with Crippen LogP contribution in [0.25, 0.3) is 11.0 Å². The lowest BCUT2D eigenvalue weighted by Crippen LogP contribution is -2.26. The van der Waals surface area contributed by atoms with Crippen molar-refractivity contribution in [1.82, 2.24) is 0 Å². The number of furan rings is 1. The van der Waals surface area contributed by atoms with Crippen LogP contribution in [0.1, 0.15) is 10.4 Å². The van der Waals surface area contributed by atoms with E-state index in [9.17, 15) is 9.59 Å². The number of rotatable bonds is 11. The monoisotopic (exact) mass is 475 g/mol. The maximum Gasteiger partial charge on any atom is 0.255 e. The second-order valence-electron chi connectivity index (χ2n) is 7.57. The Kier molecular flexibility index (Phi) is 7.49. The Morgan fingerprint density at radius 2 is 1.74 bits per heavy atom. The lowest BCUT2D eigenvalue weighted by molar-refractivity contribution is -0.107. The van der Waals surface area contributed by atoms with Crippen molar-refractivity contribution >= 4 is 40.5 Å². The van der Waals surface area contributed by atoms with E-state index in [1.54, 1.807) is 72.8 Å². The minimum absolute atomic E-state index is 0.0771. The van der Waals surface area contributed by atoms with E-state index in [2.05, 4.69) is 5.32 Å². The fourth-order valence-corrected chi connectivity index (χ4v) is 3.39. The lowest BCUT2D eigenvalue weighted by Gasteiger charge is -2.14. The molecule has 0 saturated heterocycles. The van der Waals surface area contributed by atoms with Crippen LogP contribution in [0.4, 0.5) is 17.3 Å². The topological polar surface area (TPSA) is 127 Å². The number of anilines is 3. The van der Waals surface area contributed by atoms with Gasteiger partial charge < -0.3 is 30.0 Å². The van der Waals surface area contributed by atoms with E-state index < -0.39 is 0 Å². The van der Waals surface area contributed by atoms with Crippen molar-refractivity contribution in [3.8, 4) is 11.5 Å². The van der Waals surface area contributed by atoms with Crippen molar-refractivity contribution in [2.24, 2.45) is 0 Å². The number of nitrogen functional groups attached to an aromatic ring is 1. The third-order valence-electron chi connectivity index (χ3n) is 5.17. The first-order valence-electron chi connectivity index (χ1n) is 11.0. The van der Waals surface area contributed by atoms with Gasteiger partial charge in [-0.1, -0.05) is 12.1 Å². The Morgan fingerprint density at radius 3 is 2.49 bits per heavy atom. The fraction of sp³-hybridized carbons (Fsp3) is 0.154. The number of nitrogens with zero attached hydrogens (tertiary/aromatic N) is 1. The van der Waals surface area contributed by atoms with Gasteiger partial charge in [0.05, 0.1) is 24.5 Å². The van der Waals surface area contributed by atoms with E-state index in [-0.39, 0.29) is 32.3 Å². The SMILES string of the molecule is Nc1ccccc1NC(=O)c1ccc(OCCN(C=O)c2cc3cc(OCCO)ccc3o2)cc1. The average molecular weight is 476 g/mol. The summed E-state index contributed by atoms with van der Waals surface area (Å²) < 4.78 is 16.9. The van der Waals surface area contributed by atoms with Crippen LogP contribution in [0.3, 0.4) is 0 Å². The Morgan fingerprint density at radius 1 is 1.00 bits per heavy atom. The van der Waals surface area contributed by atoms with E-state index in [0.717, 1.165) is 5.39 Å². The Labute approximate surface area is 201 Å². The molecule has 4 rings (SSSR count). The number of carbonyl (C=O) groups is 2. The summed E-state index contributed by atoms with van der Waals surface area (Å²) in [4.78, 5) is 25.5. The number of nitrogens with one attached hydrogen (secondary N) is 1. The molecular weight excluding hydrogens is 450 g/mol. The molecule has 0 unspecified atom stereocenters. The predicted octanol–water partition coefficient (Wildman–Crippen LogP) is 3.68. The van der Waals surface area contributed by atoms with Crippen LogP contribution < -0.4 is 25.4 Å². The zero-order valence-electron chi connectivity index (χ0n) is 18.8. The quantitative estimate of drug-likeness (QED) is 0.223. The minimum atomic E-state index is -0.281. The lowest BCUT2D eigenvalue weighted by atomic mass is 10.2. The number of aliphatic hydroxyl groups is 1. The summed E-state index contributed by atoms with van der Waals surface area (Å²) in [6.45, 7) is 0.590. The third-order valence-corrected chi connectivity index (χ3v) is 5.17. The maximum absolute atomic E-state index is 12.4. The van der Waals surface area contributed by atoms with Crippen LogP contribution in [0.5, 0.6) is 11.5 Å². The standard InChI is InChI=1S/C26H25N3O6/c27-22-3-1-2-4-23(22)28-26(32)18-5-7-20(8-6-18)33-13-11-29(17-31)25-16-19-15-21(34-14-12-30)9-10-24(19)35-25/h1-10,15-17,30H,11-14,27H2,(H,28,32). The van der Waals surface area contributed by atoms with Crippen LogP contribution in [0.15, 0.2) is 77.2 Å². The highest BCUT2D eigenvalue weighted by Crippen LogP contribution is 2.29. The number of fused-ring (bicyclic) bond motifs is 1. The number of aliphatic hydroxyl groups excluding tert-OH is 1. The first kappa shape index (κ1) is 23.7. The van der Waals surface area contributed by atoms with Gasteiger partial charge >= 0.3 is 0 Å². The predicted molar refractivity (Wildman–Crippen MR) is 133 cm³/mol. The molecule has 0 spiro atoms. The van der Waals surface area contributed by atoms with Crippen molar-refractivity contribution < 1.29 is 28.6 Å². The van der Waals surface area contributed by atoms with Crippen LogP contribution in [-0.4, -0.2) is 43.8 Å². The normalized spacial score (nSPS) is 10.7. The highest BCUT2D eigenvalue weighted by molar-refractivity contribution is 6.05. The minimum Gasteiger partial charge on any atom is -0.492 e. The van der Waals surface area contributed by atoms with Gasteiger partial charge in [-0.05, 0) is 54.6 Å². The number of hydrogen-bond donors (Lipinski definition) is 3. The zero-order valence-corrected chi connectivity index (χ0v) is 18.8. The van der Waals surface area contributed by atoms with Crippen LogP contribution in [0, 0.1) is 0 Å². The molecule has 0 radical (unpaired) electrons. The van der Waals surface area contributed by atoms with Crippen LogP contribution in [-0.2, 0) is 4.79 Å². The number of carbonyl (C=O) groups excluding carboxylic acids is 2. The second-order valence-corrected chi connectivity index (χ2v) is 7.57. The molecule has 0 bridgehead atoms. The molecular formula is C26H25N3O6. The van der Waals surface area contributed by atoms with E-state index >= 15 is 0 Å². The van der Waals surface area contributed by atoms with Gasteiger partial charge in [0.2, 0.25) is 12.3 Å². The highest BCUT2D eigenvalue weighted by atomic mass is 16.5. The number of para-hydroxylation sites is 2. The Bertz CT molecular complexity index is 1300. The van der Waals surface area contributed by atoms with Gasteiger partial charge in [-0.15, -0.1) is 0 Å². The molecule has 180 valence electrons. The number of ether oxygens (including phenoxy) is 2. The molecule has 1 heterocycles. The molecule has 0 aliphatic rings. The van der Waals surface area contributed by atoms with Gasteiger partial charge in [0.1, 0.15) is 30.3 Å². The van der Waals surface area contributed by atoms with Gasteiger partial charge in [0.15, 0.2) is 0 Å². The molecule has 0 aliphatic carbocycles. The maximum atomic E-state index is 12.4. The van der Waals surface area contributed by atoms with Gasteiger partial charge in [0, 0.05) is 17.0 Å². The Hall–Kier alpha value is -4.50. The molecule has 9 heteroatoms. The third kappa shape index (κ3) is 5.90. The first-order valence-corrected chi connectivity index (χ1v) is 11.0. The summed E-state index contributed by atoms with van der Waals surface area (Å²) in [6.07, 6.45) is 0.674. The average Bonchev–Trinajstić information content (AvgIpc) is 3.30. The molecule has 4 aromatic rings. The second kappa shape index (κ2) is 11.1. The molecule has 35 heavy (non-hydrogen) atoms. The molecule has 2 amide bonds. The van der Waals surface area contributed by atoms with Crippen molar-refractivity contribution in [1.29, 1.82) is 0 Å². The smallest absolute Gasteiger partial charge is 0.255 e. The van der Waals surface area contributed by atoms with Gasteiger partial charge in [-0.2, -0.15) is 0 Å². The van der Waals surface area contributed by atoms with Crippen molar-refractivity contribution in [2.75, 3.05) is 42.3 Å². The molecule has 4 N–H and O–H groups in total. The number of benzene rings is 3. The molecule has 0 fully saturated rings. The molecule has 0 aliphatic heterocycles. The number of hydrogen-bond acceptors (Lipinski definition) is 7. The summed E-state index contributed by atoms with van der Waals surface area (Å²) in [5.41, 5.74) is 7.96. The van der Waals surface area contributed by atoms with E-state index in [4.69, 9.17) is 24.7 Å². The van der Waals surface area contributed by atoms with Crippen molar-refractivity contribution in [2.45, 2.75) is 0 Å². The highest BCUT2D eigenvalue weighted by Gasteiger charge is 2.13.